The van der Waals surface area contributed by atoms with Crippen molar-refractivity contribution in [3.63, 3.8) is 0 Å². The fourth-order valence-electron chi connectivity index (χ4n) is 12.4. The first-order valence-corrected chi connectivity index (χ1v) is 25.5. The van der Waals surface area contributed by atoms with Gasteiger partial charge in [0.15, 0.2) is 0 Å². The molecular weight excluding hydrogens is 885 g/mol. The van der Waals surface area contributed by atoms with Crippen LogP contribution in [0.15, 0.2) is 247 Å². The van der Waals surface area contributed by atoms with Crippen LogP contribution in [0, 0.1) is 0 Å². The van der Waals surface area contributed by atoms with Crippen molar-refractivity contribution < 1.29 is 4.42 Å². The van der Waals surface area contributed by atoms with Gasteiger partial charge in [-0.2, -0.15) is 0 Å². The first-order chi connectivity index (χ1) is 35.7. The number of nitrogens with zero attached hydrogens (tertiary/aromatic N) is 2. The minimum absolute atomic E-state index is 0.154. The third-order valence-electron chi connectivity index (χ3n) is 16.0. The van der Waals surface area contributed by atoms with Crippen LogP contribution in [0.1, 0.15) is 49.9 Å². The Hall–Kier alpha value is -8.92. The van der Waals surface area contributed by atoms with Crippen LogP contribution in [-0.2, 0) is 10.8 Å². The molecule has 0 saturated carbocycles. The minimum Gasteiger partial charge on any atom is -0.456 e. The van der Waals surface area contributed by atoms with Gasteiger partial charge in [-0.05, 0) is 133 Å². The third-order valence-corrected chi connectivity index (χ3v) is 16.0. The fourth-order valence-corrected chi connectivity index (χ4v) is 12.4. The van der Waals surface area contributed by atoms with Crippen LogP contribution in [0.3, 0.4) is 0 Å². The monoisotopic (exact) mass is 936 g/mol. The van der Waals surface area contributed by atoms with E-state index in [-0.39, 0.29) is 10.8 Å². The van der Waals surface area contributed by atoms with Crippen molar-refractivity contribution in [1.29, 1.82) is 0 Å². The molecule has 0 fully saturated rings. The molecule has 3 nitrogen and oxygen atoms in total. The second kappa shape index (κ2) is 16.3. The van der Waals surface area contributed by atoms with E-state index in [0.717, 1.165) is 78.0 Å². The average Bonchev–Trinajstić information content (AvgIpc) is 4.00. The molecule has 0 N–H and O–H groups in total. The minimum atomic E-state index is -0.167. The van der Waals surface area contributed by atoms with Crippen molar-refractivity contribution >= 4 is 66.8 Å². The molecule has 0 bridgehead atoms. The van der Waals surface area contributed by atoms with Crippen LogP contribution in [-0.4, -0.2) is 0 Å². The zero-order chi connectivity index (χ0) is 49.0. The molecule has 2 aliphatic rings. The van der Waals surface area contributed by atoms with Crippen LogP contribution in [0.5, 0.6) is 0 Å². The van der Waals surface area contributed by atoms with Gasteiger partial charge in [0.1, 0.15) is 11.2 Å². The van der Waals surface area contributed by atoms with Gasteiger partial charge in [0.25, 0.3) is 0 Å². The van der Waals surface area contributed by atoms with Crippen molar-refractivity contribution in [2.45, 2.75) is 38.5 Å². The first kappa shape index (κ1) is 42.9. The van der Waals surface area contributed by atoms with Crippen molar-refractivity contribution in [2.24, 2.45) is 0 Å². The number of benzene rings is 11. The quantitative estimate of drug-likeness (QED) is 0.151. The fraction of sp³-hybridized carbons (Fsp3) is 0.0857. The zero-order valence-corrected chi connectivity index (χ0v) is 41.4. The highest BCUT2D eigenvalue weighted by Crippen LogP contribution is 2.54. The molecule has 1 aromatic heterocycles. The maximum absolute atomic E-state index is 7.22. The average molecular weight is 937 g/mol. The summed E-state index contributed by atoms with van der Waals surface area (Å²) in [7, 11) is 0. The van der Waals surface area contributed by atoms with E-state index in [0.29, 0.717) is 0 Å². The highest BCUT2D eigenvalue weighted by Gasteiger charge is 2.37. The van der Waals surface area contributed by atoms with Crippen LogP contribution in [0.2, 0.25) is 0 Å². The lowest BCUT2D eigenvalue weighted by atomic mass is 9.82. The van der Waals surface area contributed by atoms with E-state index in [9.17, 15) is 0 Å². The molecule has 73 heavy (non-hydrogen) atoms. The normalized spacial score (nSPS) is 13.7. The molecule has 2 aliphatic carbocycles. The SMILES string of the molecule is CC1(C)c2ccccc2-c2ccc(N(c3cccc(-c4ccccc4)c3)c3ccc4c(c3)oc3cc(N(c5cccc(-c6ccccc6)c5)c5ccc6c(c5)C(C)(C)c5ccccc5-6)c5ccccc5c34)cc21. The standard InChI is InChI=1S/C70H52N2O/c1-69(2)61-31-15-13-27-54(61)56-36-33-51(41-63(56)69)71(49-25-17-23-47(39-49)45-19-7-5-8-20-45)53-35-38-60-66(43-53)73-67-44-65(58-29-11-12-30-59(58)68(60)67)72(50-26-18-24-48(40-50)46-21-9-6-10-22-46)52-34-37-57-55-28-14-16-32-62(55)70(3,4)64(57)42-52/h5-44H,1-4H3. The maximum atomic E-state index is 7.22. The van der Waals surface area contributed by atoms with Gasteiger partial charge in [-0.1, -0.05) is 198 Å². The molecule has 0 amide bonds. The van der Waals surface area contributed by atoms with Gasteiger partial charge in [-0.25, -0.2) is 0 Å². The zero-order valence-electron chi connectivity index (χ0n) is 41.4. The lowest BCUT2D eigenvalue weighted by Crippen LogP contribution is -2.16. The van der Waals surface area contributed by atoms with E-state index in [1.54, 1.807) is 0 Å². The molecule has 348 valence electrons. The second-order valence-electron chi connectivity index (χ2n) is 20.9. The molecule has 0 radical (unpaired) electrons. The lowest BCUT2D eigenvalue weighted by molar-refractivity contribution is 0.660. The Balaban J connectivity index is 0.963. The van der Waals surface area contributed by atoms with Gasteiger partial charge < -0.3 is 14.2 Å². The molecular formula is C70H52N2O. The van der Waals surface area contributed by atoms with E-state index in [4.69, 9.17) is 4.42 Å². The number of furan rings is 1. The Kier molecular flexibility index (Phi) is 9.59. The molecule has 12 aromatic rings. The number of rotatable bonds is 8. The molecule has 11 aromatic carbocycles. The summed E-state index contributed by atoms with van der Waals surface area (Å²) >= 11 is 0. The summed E-state index contributed by atoms with van der Waals surface area (Å²) in [6.45, 7) is 9.42. The van der Waals surface area contributed by atoms with Gasteiger partial charge in [-0.3, -0.25) is 0 Å². The number of hydrogen-bond donors (Lipinski definition) is 0. The second-order valence-corrected chi connectivity index (χ2v) is 20.9. The summed E-state index contributed by atoms with van der Waals surface area (Å²) in [4.78, 5) is 4.85. The van der Waals surface area contributed by atoms with Gasteiger partial charge >= 0.3 is 0 Å². The number of hydrogen-bond acceptors (Lipinski definition) is 3. The molecule has 1 heterocycles. The Bertz CT molecular complexity index is 4160. The van der Waals surface area contributed by atoms with Gasteiger partial charge in [0.05, 0.1) is 5.69 Å². The highest BCUT2D eigenvalue weighted by molar-refractivity contribution is 6.23. The van der Waals surface area contributed by atoms with Crippen molar-refractivity contribution in [1.82, 2.24) is 0 Å². The van der Waals surface area contributed by atoms with Gasteiger partial charge in [0.2, 0.25) is 0 Å². The Morgan fingerprint density at radius 1 is 0.288 bits per heavy atom. The van der Waals surface area contributed by atoms with Crippen LogP contribution >= 0.6 is 0 Å². The molecule has 14 rings (SSSR count). The molecule has 0 unspecified atom stereocenters. The predicted molar refractivity (Wildman–Crippen MR) is 307 cm³/mol. The molecule has 0 aliphatic heterocycles. The number of anilines is 6. The largest absolute Gasteiger partial charge is 0.456 e. The van der Waals surface area contributed by atoms with Crippen LogP contribution < -0.4 is 9.80 Å². The molecule has 0 atom stereocenters. The van der Waals surface area contributed by atoms with E-state index >= 15 is 0 Å². The Labute approximate surface area is 426 Å². The van der Waals surface area contributed by atoms with E-state index < -0.39 is 0 Å². The number of fused-ring (bicyclic) bond motifs is 11. The summed E-state index contributed by atoms with van der Waals surface area (Å²) in [5, 5.41) is 4.49. The highest BCUT2D eigenvalue weighted by atomic mass is 16.3. The first-order valence-electron chi connectivity index (χ1n) is 25.5. The van der Waals surface area contributed by atoms with E-state index in [2.05, 4.69) is 280 Å². The summed E-state index contributed by atoms with van der Waals surface area (Å²) in [6.07, 6.45) is 0. The molecule has 0 spiro atoms. The summed E-state index contributed by atoms with van der Waals surface area (Å²) in [5.74, 6) is 0. The van der Waals surface area contributed by atoms with E-state index in [1.807, 2.05) is 0 Å². The Morgan fingerprint density at radius 3 is 1.32 bits per heavy atom. The molecule has 3 heteroatoms. The van der Waals surface area contributed by atoms with Crippen molar-refractivity contribution in [2.75, 3.05) is 9.80 Å². The third kappa shape index (κ3) is 6.72. The van der Waals surface area contributed by atoms with Gasteiger partial charge in [0, 0.05) is 67.6 Å². The summed E-state index contributed by atoms with van der Waals surface area (Å²) < 4.78 is 7.22. The van der Waals surface area contributed by atoms with Crippen molar-refractivity contribution in [3.8, 4) is 44.5 Å². The smallest absolute Gasteiger partial charge is 0.138 e. The lowest BCUT2D eigenvalue weighted by Gasteiger charge is -2.29. The Morgan fingerprint density at radius 2 is 0.726 bits per heavy atom. The van der Waals surface area contributed by atoms with Crippen LogP contribution in [0.4, 0.5) is 34.1 Å². The summed E-state index contributed by atoms with van der Waals surface area (Å²) in [5.41, 5.74) is 23.1. The predicted octanol–water partition coefficient (Wildman–Crippen LogP) is 19.6. The maximum Gasteiger partial charge on any atom is 0.138 e. The van der Waals surface area contributed by atoms with E-state index in [1.165, 1.54) is 55.6 Å². The molecule has 0 saturated heterocycles. The van der Waals surface area contributed by atoms with Crippen molar-refractivity contribution in [3.05, 3.63) is 265 Å². The topological polar surface area (TPSA) is 19.6 Å². The summed E-state index contributed by atoms with van der Waals surface area (Å²) in [6, 6.07) is 89.0. The van der Waals surface area contributed by atoms with Crippen LogP contribution in [0.25, 0.3) is 77.2 Å². The van der Waals surface area contributed by atoms with Gasteiger partial charge in [-0.15, -0.1) is 0 Å².